The van der Waals surface area contributed by atoms with Crippen LogP contribution in [0.1, 0.15) is 10.4 Å². The van der Waals surface area contributed by atoms with E-state index in [9.17, 15) is 4.79 Å². The van der Waals surface area contributed by atoms with Crippen molar-refractivity contribution in [2.75, 3.05) is 12.4 Å². The standard InChI is InChI=1S/C15H11ClN2O2S/c1-20-13-3-2-9(16)6-12(13)18-15(19)11-8-21-14-7-17-5-4-10(11)14/h2-8H,1H3,(H,18,19). The topological polar surface area (TPSA) is 51.2 Å². The van der Waals surface area contributed by atoms with Crippen LogP contribution >= 0.6 is 22.9 Å². The molecular weight excluding hydrogens is 308 g/mol. The molecule has 1 N–H and O–H groups in total. The van der Waals surface area contributed by atoms with Crippen molar-refractivity contribution in [1.82, 2.24) is 4.98 Å². The summed E-state index contributed by atoms with van der Waals surface area (Å²) < 4.78 is 6.20. The number of nitrogens with one attached hydrogen (secondary N) is 1. The molecule has 1 aromatic carbocycles. The molecule has 0 saturated heterocycles. The van der Waals surface area contributed by atoms with Gasteiger partial charge in [-0.1, -0.05) is 11.6 Å². The van der Waals surface area contributed by atoms with Gasteiger partial charge in [0.05, 0.1) is 23.1 Å². The molecule has 0 aliphatic carbocycles. The van der Waals surface area contributed by atoms with E-state index in [2.05, 4.69) is 10.3 Å². The Morgan fingerprint density at radius 2 is 2.24 bits per heavy atom. The molecule has 0 radical (unpaired) electrons. The highest BCUT2D eigenvalue weighted by molar-refractivity contribution is 7.17. The maximum absolute atomic E-state index is 12.4. The number of fused-ring (bicyclic) bond motifs is 1. The van der Waals surface area contributed by atoms with Crippen LogP contribution in [0.15, 0.2) is 42.0 Å². The SMILES string of the molecule is COc1ccc(Cl)cc1NC(=O)c1csc2cnccc12. The zero-order valence-electron chi connectivity index (χ0n) is 11.1. The lowest BCUT2D eigenvalue weighted by molar-refractivity contribution is 0.102. The number of thiophene rings is 1. The summed E-state index contributed by atoms with van der Waals surface area (Å²) in [6.45, 7) is 0. The van der Waals surface area contributed by atoms with Gasteiger partial charge in [0.15, 0.2) is 0 Å². The quantitative estimate of drug-likeness (QED) is 0.787. The van der Waals surface area contributed by atoms with Gasteiger partial charge < -0.3 is 10.1 Å². The molecule has 0 fully saturated rings. The van der Waals surface area contributed by atoms with Gasteiger partial charge in [-0.15, -0.1) is 11.3 Å². The van der Waals surface area contributed by atoms with Crippen molar-refractivity contribution in [1.29, 1.82) is 0 Å². The molecule has 0 spiro atoms. The lowest BCUT2D eigenvalue weighted by Crippen LogP contribution is -2.12. The molecule has 2 heterocycles. The average Bonchev–Trinajstić information content (AvgIpc) is 2.91. The highest BCUT2D eigenvalue weighted by Crippen LogP contribution is 2.30. The van der Waals surface area contributed by atoms with Crippen LogP contribution in [0.5, 0.6) is 5.75 Å². The molecule has 0 aliphatic heterocycles. The fraction of sp³-hybridized carbons (Fsp3) is 0.0667. The average molecular weight is 319 g/mol. The van der Waals surface area contributed by atoms with Crippen LogP contribution in [0.2, 0.25) is 5.02 Å². The first kappa shape index (κ1) is 13.9. The Kier molecular flexibility index (Phi) is 3.77. The first-order valence-corrected chi connectivity index (χ1v) is 7.41. The smallest absolute Gasteiger partial charge is 0.257 e. The normalized spacial score (nSPS) is 10.6. The molecule has 2 aromatic heterocycles. The molecular formula is C15H11ClN2O2S. The number of pyridine rings is 1. The summed E-state index contributed by atoms with van der Waals surface area (Å²) in [4.78, 5) is 16.5. The maximum atomic E-state index is 12.4. The van der Waals surface area contributed by atoms with Crippen molar-refractivity contribution in [2.24, 2.45) is 0 Å². The summed E-state index contributed by atoms with van der Waals surface area (Å²) in [5.74, 6) is 0.363. The van der Waals surface area contributed by atoms with Crippen LogP contribution < -0.4 is 10.1 Å². The largest absolute Gasteiger partial charge is 0.495 e. The highest BCUT2D eigenvalue weighted by atomic mass is 35.5. The van der Waals surface area contributed by atoms with Crippen molar-refractivity contribution in [3.63, 3.8) is 0 Å². The molecule has 0 bridgehead atoms. The molecule has 0 saturated carbocycles. The van der Waals surface area contributed by atoms with Crippen molar-refractivity contribution >= 4 is 44.6 Å². The van der Waals surface area contributed by atoms with E-state index in [1.807, 2.05) is 11.4 Å². The Hall–Kier alpha value is -2.11. The number of hydrogen-bond donors (Lipinski definition) is 1. The molecule has 106 valence electrons. The highest BCUT2D eigenvalue weighted by Gasteiger charge is 2.14. The summed E-state index contributed by atoms with van der Waals surface area (Å²) in [5.41, 5.74) is 1.16. The number of hydrogen-bond acceptors (Lipinski definition) is 4. The third-order valence-electron chi connectivity index (χ3n) is 3.03. The molecule has 4 nitrogen and oxygen atoms in total. The Morgan fingerprint density at radius 1 is 1.38 bits per heavy atom. The number of ether oxygens (including phenoxy) is 1. The number of carbonyl (C=O) groups is 1. The van der Waals surface area contributed by atoms with E-state index >= 15 is 0 Å². The Morgan fingerprint density at radius 3 is 3.05 bits per heavy atom. The van der Waals surface area contributed by atoms with E-state index in [4.69, 9.17) is 16.3 Å². The number of aromatic nitrogens is 1. The Balaban J connectivity index is 1.95. The molecule has 6 heteroatoms. The van der Waals surface area contributed by atoms with E-state index in [1.54, 1.807) is 37.7 Å². The van der Waals surface area contributed by atoms with Gasteiger partial charge in [-0.05, 0) is 24.3 Å². The predicted molar refractivity (Wildman–Crippen MR) is 85.6 cm³/mol. The van der Waals surface area contributed by atoms with E-state index in [0.717, 1.165) is 10.1 Å². The van der Waals surface area contributed by atoms with Gasteiger partial charge in [-0.3, -0.25) is 9.78 Å². The minimum absolute atomic E-state index is 0.201. The minimum Gasteiger partial charge on any atom is -0.495 e. The summed E-state index contributed by atoms with van der Waals surface area (Å²) in [7, 11) is 1.55. The van der Waals surface area contributed by atoms with Crippen LogP contribution in [-0.4, -0.2) is 18.0 Å². The van der Waals surface area contributed by atoms with Crippen molar-refractivity contribution in [2.45, 2.75) is 0 Å². The van der Waals surface area contributed by atoms with Crippen LogP contribution in [0.4, 0.5) is 5.69 Å². The minimum atomic E-state index is -0.201. The van der Waals surface area contributed by atoms with Gasteiger partial charge in [0.1, 0.15) is 5.75 Å². The van der Waals surface area contributed by atoms with Crippen molar-refractivity contribution in [3.8, 4) is 5.75 Å². The number of benzene rings is 1. The van der Waals surface area contributed by atoms with Gasteiger partial charge in [-0.25, -0.2) is 0 Å². The third-order valence-corrected chi connectivity index (χ3v) is 4.20. The monoisotopic (exact) mass is 318 g/mol. The molecule has 0 unspecified atom stereocenters. The van der Waals surface area contributed by atoms with Gasteiger partial charge in [0.25, 0.3) is 5.91 Å². The van der Waals surface area contributed by atoms with Crippen LogP contribution in [0.25, 0.3) is 10.1 Å². The van der Waals surface area contributed by atoms with Crippen LogP contribution in [-0.2, 0) is 0 Å². The van der Waals surface area contributed by atoms with Crippen LogP contribution in [0.3, 0.4) is 0 Å². The Bertz CT molecular complexity index is 816. The molecule has 1 amide bonds. The van der Waals surface area contributed by atoms with Gasteiger partial charge >= 0.3 is 0 Å². The second-order valence-electron chi connectivity index (χ2n) is 4.32. The Labute approximate surface area is 130 Å². The molecule has 21 heavy (non-hydrogen) atoms. The summed E-state index contributed by atoms with van der Waals surface area (Å²) in [6.07, 6.45) is 3.42. The van der Waals surface area contributed by atoms with E-state index < -0.39 is 0 Å². The van der Waals surface area contributed by atoms with E-state index in [-0.39, 0.29) is 5.91 Å². The number of halogens is 1. The molecule has 0 atom stereocenters. The number of amides is 1. The lowest BCUT2D eigenvalue weighted by atomic mass is 10.2. The number of methoxy groups -OCH3 is 1. The molecule has 3 rings (SSSR count). The number of rotatable bonds is 3. The first-order chi connectivity index (χ1) is 10.2. The molecule has 0 aliphatic rings. The summed E-state index contributed by atoms with van der Waals surface area (Å²) in [5, 5.41) is 6.07. The number of carbonyl (C=O) groups excluding carboxylic acids is 1. The summed E-state index contributed by atoms with van der Waals surface area (Å²) in [6, 6.07) is 6.92. The fourth-order valence-corrected chi connectivity index (χ4v) is 3.10. The zero-order valence-corrected chi connectivity index (χ0v) is 12.7. The molecule has 3 aromatic rings. The second-order valence-corrected chi connectivity index (χ2v) is 5.67. The van der Waals surface area contributed by atoms with Gasteiger partial charge in [0, 0.05) is 28.2 Å². The van der Waals surface area contributed by atoms with E-state index in [0.29, 0.717) is 22.0 Å². The van der Waals surface area contributed by atoms with Gasteiger partial charge in [-0.2, -0.15) is 0 Å². The van der Waals surface area contributed by atoms with Crippen LogP contribution in [0, 0.1) is 0 Å². The number of nitrogens with zero attached hydrogens (tertiary/aromatic N) is 1. The second kappa shape index (κ2) is 5.71. The number of anilines is 1. The lowest BCUT2D eigenvalue weighted by Gasteiger charge is -2.10. The third kappa shape index (κ3) is 2.70. The zero-order chi connectivity index (χ0) is 14.8. The van der Waals surface area contributed by atoms with E-state index in [1.165, 1.54) is 11.3 Å². The fourth-order valence-electron chi connectivity index (χ4n) is 2.03. The maximum Gasteiger partial charge on any atom is 0.257 e. The van der Waals surface area contributed by atoms with Crippen molar-refractivity contribution in [3.05, 3.63) is 52.6 Å². The predicted octanol–water partition coefficient (Wildman–Crippen LogP) is 4.21. The summed E-state index contributed by atoms with van der Waals surface area (Å²) >= 11 is 7.45. The first-order valence-electron chi connectivity index (χ1n) is 6.15. The van der Waals surface area contributed by atoms with Gasteiger partial charge in [0.2, 0.25) is 0 Å². The van der Waals surface area contributed by atoms with Crippen molar-refractivity contribution < 1.29 is 9.53 Å².